The number of anilines is 3. The maximum atomic E-state index is 5.79. The highest BCUT2D eigenvalue weighted by atomic mass is 32.2. The summed E-state index contributed by atoms with van der Waals surface area (Å²) in [5.41, 5.74) is 8.84. The normalized spacial score (nSPS) is 10.2. The van der Waals surface area contributed by atoms with Gasteiger partial charge in [-0.15, -0.1) is 11.8 Å². The number of rotatable bonds is 3. The van der Waals surface area contributed by atoms with E-state index in [1.165, 1.54) is 4.90 Å². The first-order valence-corrected chi connectivity index (χ1v) is 6.66. The van der Waals surface area contributed by atoms with Crippen LogP contribution >= 0.6 is 11.8 Å². The minimum atomic E-state index is 0.787. The summed E-state index contributed by atoms with van der Waals surface area (Å²) < 4.78 is 0. The third-order valence-electron chi connectivity index (χ3n) is 2.72. The first-order chi connectivity index (χ1) is 8.20. The standard InChI is InChI=1S/C14H16N2S/c1-16(13-5-3-4-11(15)10-13)12-6-8-14(17-2)9-7-12/h3-10H,15H2,1-2H3. The molecule has 0 aromatic heterocycles. The monoisotopic (exact) mass is 244 g/mol. The summed E-state index contributed by atoms with van der Waals surface area (Å²) in [6, 6.07) is 16.4. The zero-order valence-electron chi connectivity index (χ0n) is 10.1. The second-order valence-electron chi connectivity index (χ2n) is 3.85. The predicted octanol–water partition coefficient (Wildman–Crippen LogP) is 3.76. The van der Waals surface area contributed by atoms with Crippen LogP contribution in [0, 0.1) is 0 Å². The lowest BCUT2D eigenvalue weighted by Crippen LogP contribution is -2.09. The van der Waals surface area contributed by atoms with E-state index in [1.54, 1.807) is 11.8 Å². The number of thioether (sulfide) groups is 1. The summed E-state index contributed by atoms with van der Waals surface area (Å²) in [5.74, 6) is 0. The second kappa shape index (κ2) is 5.15. The van der Waals surface area contributed by atoms with Crippen LogP contribution in [0.3, 0.4) is 0 Å². The van der Waals surface area contributed by atoms with Crippen molar-refractivity contribution in [2.45, 2.75) is 4.90 Å². The van der Waals surface area contributed by atoms with Gasteiger partial charge in [0, 0.05) is 29.0 Å². The molecule has 0 unspecified atom stereocenters. The molecule has 0 aliphatic carbocycles. The van der Waals surface area contributed by atoms with Gasteiger partial charge in [-0.1, -0.05) is 6.07 Å². The molecule has 0 spiro atoms. The van der Waals surface area contributed by atoms with Crippen molar-refractivity contribution in [2.24, 2.45) is 0 Å². The quantitative estimate of drug-likeness (QED) is 0.658. The van der Waals surface area contributed by atoms with Crippen LogP contribution in [0.1, 0.15) is 0 Å². The lowest BCUT2D eigenvalue weighted by molar-refractivity contribution is 1.20. The summed E-state index contributed by atoms with van der Waals surface area (Å²) in [4.78, 5) is 3.40. The van der Waals surface area contributed by atoms with Gasteiger partial charge in [-0.05, 0) is 48.7 Å². The van der Waals surface area contributed by atoms with Crippen LogP contribution in [0.2, 0.25) is 0 Å². The number of hydrogen-bond acceptors (Lipinski definition) is 3. The molecule has 0 saturated heterocycles. The van der Waals surface area contributed by atoms with E-state index in [9.17, 15) is 0 Å². The van der Waals surface area contributed by atoms with E-state index in [1.807, 2.05) is 25.2 Å². The molecule has 0 amide bonds. The molecule has 2 aromatic rings. The Balaban J connectivity index is 2.27. The molecule has 0 radical (unpaired) electrons. The van der Waals surface area contributed by atoms with Crippen LogP contribution < -0.4 is 10.6 Å². The van der Waals surface area contributed by atoms with E-state index in [0.717, 1.165) is 17.1 Å². The average molecular weight is 244 g/mol. The van der Waals surface area contributed by atoms with E-state index >= 15 is 0 Å². The van der Waals surface area contributed by atoms with Gasteiger partial charge in [0.2, 0.25) is 0 Å². The fourth-order valence-corrected chi connectivity index (χ4v) is 2.10. The zero-order chi connectivity index (χ0) is 12.3. The van der Waals surface area contributed by atoms with E-state index in [4.69, 9.17) is 5.73 Å². The lowest BCUT2D eigenvalue weighted by Gasteiger charge is -2.20. The molecule has 3 heteroatoms. The first-order valence-electron chi connectivity index (χ1n) is 5.44. The summed E-state index contributed by atoms with van der Waals surface area (Å²) in [7, 11) is 2.04. The Morgan fingerprint density at radius 2 is 1.71 bits per heavy atom. The molecule has 0 bridgehead atoms. The van der Waals surface area contributed by atoms with Crippen LogP contribution in [0.5, 0.6) is 0 Å². The highest BCUT2D eigenvalue weighted by Crippen LogP contribution is 2.26. The molecular formula is C14H16N2S. The van der Waals surface area contributed by atoms with Gasteiger partial charge in [-0.3, -0.25) is 0 Å². The van der Waals surface area contributed by atoms with Crippen molar-refractivity contribution >= 4 is 28.8 Å². The summed E-state index contributed by atoms with van der Waals surface area (Å²) in [5, 5.41) is 0. The lowest BCUT2D eigenvalue weighted by atomic mass is 10.2. The molecule has 2 nitrogen and oxygen atoms in total. The largest absolute Gasteiger partial charge is 0.399 e. The van der Waals surface area contributed by atoms with Crippen molar-refractivity contribution < 1.29 is 0 Å². The van der Waals surface area contributed by atoms with Crippen LogP contribution in [-0.2, 0) is 0 Å². The molecule has 0 saturated carbocycles. The maximum Gasteiger partial charge on any atom is 0.0428 e. The molecule has 88 valence electrons. The van der Waals surface area contributed by atoms with E-state index in [-0.39, 0.29) is 0 Å². The molecule has 0 atom stereocenters. The molecule has 2 aromatic carbocycles. The van der Waals surface area contributed by atoms with Crippen molar-refractivity contribution in [3.05, 3.63) is 48.5 Å². The van der Waals surface area contributed by atoms with Gasteiger partial charge in [-0.2, -0.15) is 0 Å². The van der Waals surface area contributed by atoms with Gasteiger partial charge >= 0.3 is 0 Å². The van der Waals surface area contributed by atoms with E-state index in [0.29, 0.717) is 0 Å². The number of benzene rings is 2. The van der Waals surface area contributed by atoms with Crippen LogP contribution in [0.25, 0.3) is 0 Å². The Labute approximate surface area is 106 Å². The molecule has 17 heavy (non-hydrogen) atoms. The Morgan fingerprint density at radius 1 is 1.00 bits per heavy atom. The molecule has 0 fully saturated rings. The Morgan fingerprint density at radius 3 is 2.29 bits per heavy atom. The molecule has 2 rings (SSSR count). The van der Waals surface area contributed by atoms with Crippen LogP contribution in [0.15, 0.2) is 53.4 Å². The third kappa shape index (κ3) is 2.74. The fourth-order valence-electron chi connectivity index (χ4n) is 1.69. The highest BCUT2D eigenvalue weighted by Gasteiger charge is 2.03. The first kappa shape index (κ1) is 11.9. The topological polar surface area (TPSA) is 29.3 Å². The van der Waals surface area contributed by atoms with Gasteiger partial charge in [0.1, 0.15) is 0 Å². The van der Waals surface area contributed by atoms with Crippen molar-refractivity contribution in [1.29, 1.82) is 0 Å². The molecular weight excluding hydrogens is 228 g/mol. The zero-order valence-corrected chi connectivity index (χ0v) is 10.9. The third-order valence-corrected chi connectivity index (χ3v) is 3.46. The van der Waals surface area contributed by atoms with Crippen LogP contribution in [-0.4, -0.2) is 13.3 Å². The van der Waals surface area contributed by atoms with Crippen molar-refractivity contribution in [3.63, 3.8) is 0 Å². The number of nitrogens with zero attached hydrogens (tertiary/aromatic N) is 1. The number of nitrogens with two attached hydrogens (primary N) is 1. The van der Waals surface area contributed by atoms with E-state index < -0.39 is 0 Å². The van der Waals surface area contributed by atoms with E-state index in [2.05, 4.69) is 41.5 Å². The Bertz CT molecular complexity index is 494. The maximum absolute atomic E-state index is 5.79. The summed E-state index contributed by atoms with van der Waals surface area (Å²) in [6.45, 7) is 0. The molecule has 0 heterocycles. The van der Waals surface area contributed by atoms with Crippen molar-refractivity contribution in [1.82, 2.24) is 0 Å². The number of hydrogen-bond donors (Lipinski definition) is 1. The Kier molecular flexibility index (Phi) is 3.59. The van der Waals surface area contributed by atoms with Gasteiger partial charge < -0.3 is 10.6 Å². The minimum Gasteiger partial charge on any atom is -0.399 e. The average Bonchev–Trinajstić information content (AvgIpc) is 2.38. The van der Waals surface area contributed by atoms with Gasteiger partial charge in [0.05, 0.1) is 0 Å². The van der Waals surface area contributed by atoms with Crippen LogP contribution in [0.4, 0.5) is 17.1 Å². The predicted molar refractivity (Wildman–Crippen MR) is 77.1 cm³/mol. The van der Waals surface area contributed by atoms with Gasteiger partial charge in [0.15, 0.2) is 0 Å². The van der Waals surface area contributed by atoms with Crippen molar-refractivity contribution in [3.8, 4) is 0 Å². The molecule has 0 aliphatic rings. The fraction of sp³-hybridized carbons (Fsp3) is 0.143. The second-order valence-corrected chi connectivity index (χ2v) is 4.73. The Hall–Kier alpha value is -1.61. The molecule has 2 N–H and O–H groups in total. The van der Waals surface area contributed by atoms with Crippen molar-refractivity contribution in [2.75, 3.05) is 23.9 Å². The molecule has 0 aliphatic heterocycles. The summed E-state index contributed by atoms with van der Waals surface area (Å²) >= 11 is 1.75. The minimum absolute atomic E-state index is 0.787. The SMILES string of the molecule is CSc1ccc(N(C)c2cccc(N)c2)cc1. The van der Waals surface area contributed by atoms with Gasteiger partial charge in [0.25, 0.3) is 0 Å². The number of nitrogen functional groups attached to an aromatic ring is 1. The highest BCUT2D eigenvalue weighted by molar-refractivity contribution is 7.98. The van der Waals surface area contributed by atoms with Gasteiger partial charge in [-0.25, -0.2) is 0 Å². The smallest absolute Gasteiger partial charge is 0.0428 e. The summed E-state index contributed by atoms with van der Waals surface area (Å²) in [6.07, 6.45) is 2.08.